The van der Waals surface area contributed by atoms with Gasteiger partial charge in [0, 0.05) is 13.1 Å². The van der Waals surface area contributed by atoms with Gasteiger partial charge in [-0.3, -0.25) is 14.6 Å². The minimum Gasteiger partial charge on any atom is -0.306 e. The average Bonchev–Trinajstić information content (AvgIpc) is 2.75. The molecule has 0 aliphatic carbocycles. The van der Waals surface area contributed by atoms with Crippen LogP contribution in [0.5, 0.6) is 0 Å². The highest BCUT2D eigenvalue weighted by Gasteiger charge is 2.11. The minimum atomic E-state index is -0.206. The molecule has 15 heavy (non-hydrogen) atoms. The van der Waals surface area contributed by atoms with Crippen LogP contribution in [0.3, 0.4) is 0 Å². The number of aromatic nitrogens is 4. The van der Waals surface area contributed by atoms with Gasteiger partial charge in [-0.2, -0.15) is 10.2 Å². The molecule has 0 bridgehead atoms. The summed E-state index contributed by atoms with van der Waals surface area (Å²) in [5.41, 5.74) is 1.33. The third-order valence-electron chi connectivity index (χ3n) is 1.98. The topological polar surface area (TPSA) is 75.6 Å². The van der Waals surface area contributed by atoms with Crippen LogP contribution in [0, 0.1) is 6.92 Å². The van der Waals surface area contributed by atoms with E-state index in [0.717, 1.165) is 5.69 Å². The van der Waals surface area contributed by atoms with E-state index in [1.807, 2.05) is 6.92 Å². The van der Waals surface area contributed by atoms with E-state index in [0.29, 0.717) is 11.5 Å². The van der Waals surface area contributed by atoms with Crippen molar-refractivity contribution in [3.8, 4) is 0 Å². The molecule has 1 amide bonds. The van der Waals surface area contributed by atoms with Crippen molar-refractivity contribution < 1.29 is 4.79 Å². The predicted molar refractivity (Wildman–Crippen MR) is 54.5 cm³/mol. The van der Waals surface area contributed by atoms with Crippen LogP contribution in [0.25, 0.3) is 0 Å². The summed E-state index contributed by atoms with van der Waals surface area (Å²) in [4.78, 5) is 11.7. The van der Waals surface area contributed by atoms with Crippen LogP contribution in [0.1, 0.15) is 16.2 Å². The molecule has 2 heterocycles. The Balaban J connectivity index is 2.18. The van der Waals surface area contributed by atoms with Crippen molar-refractivity contribution in [1.82, 2.24) is 20.0 Å². The summed E-state index contributed by atoms with van der Waals surface area (Å²) in [6.45, 7) is 1.84. The molecule has 2 aromatic rings. The lowest BCUT2D eigenvalue weighted by Crippen LogP contribution is -2.16. The summed E-state index contributed by atoms with van der Waals surface area (Å²) >= 11 is 0. The van der Waals surface area contributed by atoms with Gasteiger partial charge in [0.2, 0.25) is 0 Å². The molecule has 2 N–H and O–H groups in total. The molecule has 0 radical (unpaired) electrons. The normalized spacial score (nSPS) is 10.3. The molecule has 0 fully saturated rings. The monoisotopic (exact) mass is 205 g/mol. The first-order valence-electron chi connectivity index (χ1n) is 4.48. The largest absolute Gasteiger partial charge is 0.306 e. The van der Waals surface area contributed by atoms with Gasteiger partial charge >= 0.3 is 0 Å². The number of carbonyl (C=O) groups is 1. The number of nitrogens with zero attached hydrogens (tertiary/aromatic N) is 3. The number of nitrogens with one attached hydrogen (secondary N) is 2. The Hall–Kier alpha value is -2.11. The zero-order chi connectivity index (χ0) is 10.8. The summed E-state index contributed by atoms with van der Waals surface area (Å²) in [5, 5.41) is 13.2. The lowest BCUT2D eigenvalue weighted by Gasteiger charge is -2.01. The third kappa shape index (κ3) is 1.88. The van der Waals surface area contributed by atoms with Gasteiger partial charge in [0.25, 0.3) is 5.91 Å². The Morgan fingerprint density at radius 2 is 2.40 bits per heavy atom. The average molecular weight is 205 g/mol. The fraction of sp³-hybridized carbons (Fsp3) is 0.222. The standard InChI is InChI=1S/C9H11N5O/c1-6-5-7(14(2)13-6)9(15)11-8-3-4-10-12-8/h3-5H,1-2H3,(H2,10,11,12,15). The molecule has 0 aromatic carbocycles. The second-order valence-electron chi connectivity index (χ2n) is 3.22. The number of H-pyrrole nitrogens is 1. The van der Waals surface area contributed by atoms with Crippen molar-refractivity contribution >= 4 is 11.7 Å². The molecular weight excluding hydrogens is 194 g/mol. The van der Waals surface area contributed by atoms with Gasteiger partial charge in [0.1, 0.15) is 11.5 Å². The number of hydrogen-bond donors (Lipinski definition) is 2. The second kappa shape index (κ2) is 3.56. The van der Waals surface area contributed by atoms with E-state index >= 15 is 0 Å². The van der Waals surface area contributed by atoms with E-state index in [9.17, 15) is 4.79 Å². The molecule has 0 spiro atoms. The molecule has 0 unspecified atom stereocenters. The molecule has 0 aliphatic heterocycles. The Labute approximate surface area is 86.3 Å². The highest BCUT2D eigenvalue weighted by atomic mass is 16.2. The number of aromatic amines is 1. The van der Waals surface area contributed by atoms with Crippen LogP contribution in [-0.4, -0.2) is 25.9 Å². The van der Waals surface area contributed by atoms with Crippen molar-refractivity contribution in [1.29, 1.82) is 0 Å². The fourth-order valence-electron chi connectivity index (χ4n) is 1.33. The number of hydrogen-bond acceptors (Lipinski definition) is 3. The van der Waals surface area contributed by atoms with Crippen molar-refractivity contribution in [3.63, 3.8) is 0 Å². The molecule has 0 saturated carbocycles. The van der Waals surface area contributed by atoms with Gasteiger partial charge in [-0.25, -0.2) is 0 Å². The summed E-state index contributed by atoms with van der Waals surface area (Å²) in [6, 6.07) is 3.41. The fourth-order valence-corrected chi connectivity index (χ4v) is 1.33. The van der Waals surface area contributed by atoms with E-state index in [4.69, 9.17) is 0 Å². The molecule has 2 aromatic heterocycles. The maximum absolute atomic E-state index is 11.7. The Morgan fingerprint density at radius 3 is 2.93 bits per heavy atom. The van der Waals surface area contributed by atoms with Crippen LogP contribution in [-0.2, 0) is 7.05 Å². The Kier molecular flexibility index (Phi) is 2.24. The van der Waals surface area contributed by atoms with E-state index in [-0.39, 0.29) is 5.91 Å². The van der Waals surface area contributed by atoms with Gasteiger partial charge in [0.15, 0.2) is 0 Å². The smallest absolute Gasteiger partial charge is 0.275 e. The van der Waals surface area contributed by atoms with Crippen LogP contribution >= 0.6 is 0 Å². The van der Waals surface area contributed by atoms with Crippen molar-refractivity contribution in [2.45, 2.75) is 6.92 Å². The van der Waals surface area contributed by atoms with Gasteiger partial charge in [-0.05, 0) is 13.0 Å². The van der Waals surface area contributed by atoms with Crippen molar-refractivity contribution in [3.05, 3.63) is 29.7 Å². The first-order valence-corrected chi connectivity index (χ1v) is 4.48. The number of amides is 1. The van der Waals surface area contributed by atoms with Crippen molar-refractivity contribution in [2.24, 2.45) is 7.05 Å². The minimum absolute atomic E-state index is 0.206. The lowest BCUT2D eigenvalue weighted by atomic mass is 10.3. The van der Waals surface area contributed by atoms with Crippen LogP contribution in [0.2, 0.25) is 0 Å². The van der Waals surface area contributed by atoms with E-state index in [2.05, 4.69) is 20.6 Å². The highest BCUT2D eigenvalue weighted by Crippen LogP contribution is 2.06. The van der Waals surface area contributed by atoms with E-state index in [1.54, 1.807) is 30.1 Å². The molecule has 0 aliphatic rings. The van der Waals surface area contributed by atoms with E-state index < -0.39 is 0 Å². The quantitative estimate of drug-likeness (QED) is 0.757. The van der Waals surface area contributed by atoms with Gasteiger partial charge < -0.3 is 5.32 Å². The number of anilines is 1. The molecule has 0 atom stereocenters. The maximum Gasteiger partial charge on any atom is 0.275 e. The first kappa shape index (κ1) is 9.45. The maximum atomic E-state index is 11.7. The van der Waals surface area contributed by atoms with Gasteiger partial charge in [-0.15, -0.1) is 0 Å². The summed E-state index contributed by atoms with van der Waals surface area (Å²) in [5.74, 6) is 0.362. The lowest BCUT2D eigenvalue weighted by molar-refractivity contribution is 0.101. The summed E-state index contributed by atoms with van der Waals surface area (Å²) in [6.07, 6.45) is 1.57. The number of aryl methyl sites for hydroxylation is 2. The summed E-state index contributed by atoms with van der Waals surface area (Å²) in [7, 11) is 1.73. The van der Waals surface area contributed by atoms with Crippen LogP contribution < -0.4 is 5.32 Å². The highest BCUT2D eigenvalue weighted by molar-refractivity contribution is 6.02. The molecule has 2 rings (SSSR count). The Bertz CT molecular complexity index is 471. The predicted octanol–water partition coefficient (Wildman–Crippen LogP) is 0.704. The third-order valence-corrected chi connectivity index (χ3v) is 1.98. The summed E-state index contributed by atoms with van der Waals surface area (Å²) < 4.78 is 1.54. The first-order chi connectivity index (χ1) is 7.16. The second-order valence-corrected chi connectivity index (χ2v) is 3.22. The molecular formula is C9H11N5O. The molecule has 0 saturated heterocycles. The zero-order valence-electron chi connectivity index (χ0n) is 8.48. The molecule has 78 valence electrons. The number of carbonyl (C=O) groups excluding carboxylic acids is 1. The molecule has 6 nitrogen and oxygen atoms in total. The van der Waals surface area contributed by atoms with Crippen LogP contribution in [0.4, 0.5) is 5.82 Å². The van der Waals surface area contributed by atoms with E-state index in [1.165, 1.54) is 0 Å². The van der Waals surface area contributed by atoms with Crippen LogP contribution in [0.15, 0.2) is 18.3 Å². The van der Waals surface area contributed by atoms with Gasteiger partial charge in [-0.1, -0.05) is 0 Å². The zero-order valence-corrected chi connectivity index (χ0v) is 8.48. The molecule has 6 heteroatoms. The Morgan fingerprint density at radius 1 is 1.60 bits per heavy atom. The van der Waals surface area contributed by atoms with Crippen molar-refractivity contribution in [2.75, 3.05) is 5.32 Å². The SMILES string of the molecule is Cc1cc(C(=O)Nc2ccn[nH]2)n(C)n1. The van der Waals surface area contributed by atoms with Gasteiger partial charge in [0.05, 0.1) is 11.9 Å². The number of rotatable bonds is 2.